The molecule has 21 heavy (non-hydrogen) atoms. The Morgan fingerprint density at radius 1 is 1.19 bits per heavy atom. The van der Waals surface area contributed by atoms with E-state index in [9.17, 15) is 4.79 Å². The Morgan fingerprint density at radius 3 is 2.52 bits per heavy atom. The lowest BCUT2D eigenvalue weighted by molar-refractivity contribution is -0.118. The molecule has 0 aliphatic rings. The molecule has 0 radical (unpaired) electrons. The lowest BCUT2D eigenvalue weighted by atomic mass is 10.2. The third kappa shape index (κ3) is 4.21. The van der Waals surface area contributed by atoms with Crippen molar-refractivity contribution in [2.45, 2.75) is 20.4 Å². The Bertz CT molecular complexity index is 611. The summed E-state index contributed by atoms with van der Waals surface area (Å²) in [5.74, 6) is 0.815. The van der Waals surface area contributed by atoms with E-state index in [1.165, 1.54) is 0 Å². The first-order valence-corrected chi connectivity index (χ1v) is 6.91. The fraction of sp³-hybridized carbons (Fsp3) is 0.250. The van der Waals surface area contributed by atoms with Gasteiger partial charge >= 0.3 is 0 Å². The van der Waals surface area contributed by atoms with Crippen LogP contribution in [0, 0.1) is 5.92 Å². The minimum Gasteiger partial charge on any atom is -0.382 e. The van der Waals surface area contributed by atoms with Crippen LogP contribution in [0.3, 0.4) is 0 Å². The van der Waals surface area contributed by atoms with Crippen LogP contribution in [-0.2, 0) is 11.3 Å². The summed E-state index contributed by atoms with van der Waals surface area (Å²) < 4.78 is 0. The number of nitrogens with two attached hydrogens (primary N) is 1. The SMILES string of the molecule is CC(C)C(=O)Nc1ccc(NCc2ccccc2)nc1N. The maximum atomic E-state index is 11.7. The van der Waals surface area contributed by atoms with E-state index in [0.29, 0.717) is 23.9 Å². The number of aromatic nitrogens is 1. The molecule has 1 aromatic heterocycles. The standard InChI is InChI=1S/C16H20N4O/c1-11(2)16(21)19-13-8-9-14(20-15(13)17)18-10-12-6-4-3-5-7-12/h3-9,11H,10H2,1-2H3,(H,19,21)(H3,17,18,20). The number of rotatable bonds is 5. The molecule has 0 aliphatic heterocycles. The fourth-order valence-electron chi connectivity index (χ4n) is 1.74. The quantitative estimate of drug-likeness (QED) is 0.788. The van der Waals surface area contributed by atoms with Gasteiger partial charge in [0.2, 0.25) is 5.91 Å². The van der Waals surface area contributed by atoms with E-state index in [4.69, 9.17) is 5.73 Å². The van der Waals surface area contributed by atoms with Gasteiger partial charge in [-0.05, 0) is 17.7 Å². The molecule has 0 fully saturated rings. The van der Waals surface area contributed by atoms with Crippen LogP contribution >= 0.6 is 0 Å². The predicted octanol–water partition coefficient (Wildman–Crippen LogP) is 2.87. The van der Waals surface area contributed by atoms with E-state index in [1.54, 1.807) is 12.1 Å². The van der Waals surface area contributed by atoms with Crippen LogP contribution < -0.4 is 16.4 Å². The summed E-state index contributed by atoms with van der Waals surface area (Å²) in [6, 6.07) is 13.6. The summed E-state index contributed by atoms with van der Waals surface area (Å²) in [5.41, 5.74) is 7.58. The number of nitrogens with zero attached hydrogens (tertiary/aromatic N) is 1. The molecule has 110 valence electrons. The van der Waals surface area contributed by atoms with Crippen molar-refractivity contribution in [2.75, 3.05) is 16.4 Å². The monoisotopic (exact) mass is 284 g/mol. The minimum absolute atomic E-state index is 0.0755. The number of nitrogen functional groups attached to an aromatic ring is 1. The van der Waals surface area contributed by atoms with E-state index >= 15 is 0 Å². The van der Waals surface area contributed by atoms with Crippen molar-refractivity contribution >= 4 is 23.2 Å². The number of hydrogen-bond acceptors (Lipinski definition) is 4. The molecule has 1 heterocycles. The number of nitrogens with one attached hydrogen (secondary N) is 2. The molecule has 4 N–H and O–H groups in total. The topological polar surface area (TPSA) is 80.0 Å². The number of anilines is 3. The van der Waals surface area contributed by atoms with Gasteiger partial charge in [-0.3, -0.25) is 4.79 Å². The van der Waals surface area contributed by atoms with Crippen LogP contribution in [0.1, 0.15) is 19.4 Å². The van der Waals surface area contributed by atoms with Crippen LogP contribution in [0.5, 0.6) is 0 Å². The number of amides is 1. The van der Waals surface area contributed by atoms with Crippen LogP contribution in [0.15, 0.2) is 42.5 Å². The highest BCUT2D eigenvalue weighted by atomic mass is 16.1. The summed E-state index contributed by atoms with van der Waals surface area (Å²) in [6.07, 6.45) is 0. The first-order chi connectivity index (χ1) is 10.1. The Hall–Kier alpha value is -2.56. The van der Waals surface area contributed by atoms with E-state index in [-0.39, 0.29) is 11.8 Å². The zero-order valence-corrected chi connectivity index (χ0v) is 12.3. The molecule has 2 rings (SSSR count). The van der Waals surface area contributed by atoms with Gasteiger partial charge in [0.1, 0.15) is 11.6 Å². The molecule has 0 saturated heterocycles. The van der Waals surface area contributed by atoms with Gasteiger partial charge in [0.05, 0.1) is 5.69 Å². The second-order valence-corrected chi connectivity index (χ2v) is 5.11. The van der Waals surface area contributed by atoms with Crippen molar-refractivity contribution in [3.63, 3.8) is 0 Å². The number of hydrogen-bond donors (Lipinski definition) is 3. The fourth-order valence-corrected chi connectivity index (χ4v) is 1.74. The summed E-state index contributed by atoms with van der Waals surface area (Å²) in [5, 5.41) is 5.96. The highest BCUT2D eigenvalue weighted by molar-refractivity contribution is 5.94. The average molecular weight is 284 g/mol. The third-order valence-corrected chi connectivity index (χ3v) is 3.02. The molecule has 5 heteroatoms. The van der Waals surface area contributed by atoms with Crippen molar-refractivity contribution in [2.24, 2.45) is 5.92 Å². The second-order valence-electron chi connectivity index (χ2n) is 5.11. The Kier molecular flexibility index (Phi) is 4.77. The van der Waals surface area contributed by atoms with E-state index in [2.05, 4.69) is 15.6 Å². The first-order valence-electron chi connectivity index (χ1n) is 6.91. The van der Waals surface area contributed by atoms with Crippen molar-refractivity contribution in [3.05, 3.63) is 48.0 Å². The van der Waals surface area contributed by atoms with Crippen LogP contribution in [0.25, 0.3) is 0 Å². The van der Waals surface area contributed by atoms with Crippen LogP contribution in [0.2, 0.25) is 0 Å². The first kappa shape index (κ1) is 14.8. The number of carbonyl (C=O) groups is 1. The number of pyridine rings is 1. The third-order valence-electron chi connectivity index (χ3n) is 3.02. The molecule has 0 saturated carbocycles. The summed E-state index contributed by atoms with van der Waals surface area (Å²) in [4.78, 5) is 15.9. The van der Waals surface area contributed by atoms with E-state index in [0.717, 1.165) is 5.56 Å². The van der Waals surface area contributed by atoms with Gasteiger partial charge in [0, 0.05) is 12.5 Å². The minimum atomic E-state index is -0.0970. The number of carbonyl (C=O) groups excluding carboxylic acids is 1. The summed E-state index contributed by atoms with van der Waals surface area (Å²) >= 11 is 0. The summed E-state index contributed by atoms with van der Waals surface area (Å²) in [6.45, 7) is 4.33. The molecule has 0 aliphatic carbocycles. The maximum Gasteiger partial charge on any atom is 0.227 e. The molecule has 1 amide bonds. The van der Waals surface area contributed by atoms with Gasteiger partial charge in [0.25, 0.3) is 0 Å². The Morgan fingerprint density at radius 2 is 1.90 bits per heavy atom. The Labute approximate surface area is 124 Å². The van der Waals surface area contributed by atoms with Gasteiger partial charge in [-0.25, -0.2) is 4.98 Å². The van der Waals surface area contributed by atoms with E-state index < -0.39 is 0 Å². The average Bonchev–Trinajstić information content (AvgIpc) is 2.48. The van der Waals surface area contributed by atoms with Crippen molar-refractivity contribution in [1.29, 1.82) is 0 Å². The largest absolute Gasteiger partial charge is 0.382 e. The highest BCUT2D eigenvalue weighted by Crippen LogP contribution is 2.19. The lowest BCUT2D eigenvalue weighted by Crippen LogP contribution is -2.19. The molecule has 0 bridgehead atoms. The zero-order chi connectivity index (χ0) is 15.2. The van der Waals surface area contributed by atoms with Gasteiger partial charge in [-0.2, -0.15) is 0 Å². The molecule has 0 spiro atoms. The maximum absolute atomic E-state index is 11.7. The molecular formula is C16H20N4O. The predicted molar refractivity (Wildman–Crippen MR) is 85.9 cm³/mol. The van der Waals surface area contributed by atoms with E-state index in [1.807, 2.05) is 44.2 Å². The van der Waals surface area contributed by atoms with Gasteiger partial charge in [-0.1, -0.05) is 44.2 Å². The second kappa shape index (κ2) is 6.74. The molecule has 2 aromatic rings. The summed E-state index contributed by atoms with van der Waals surface area (Å²) in [7, 11) is 0. The normalized spacial score (nSPS) is 10.4. The van der Waals surface area contributed by atoms with Crippen molar-refractivity contribution in [3.8, 4) is 0 Å². The number of benzene rings is 1. The Balaban J connectivity index is 2.00. The molecule has 5 nitrogen and oxygen atoms in total. The van der Waals surface area contributed by atoms with Crippen LogP contribution in [-0.4, -0.2) is 10.9 Å². The van der Waals surface area contributed by atoms with Crippen molar-refractivity contribution in [1.82, 2.24) is 4.98 Å². The molecule has 0 atom stereocenters. The molecule has 1 aromatic carbocycles. The smallest absolute Gasteiger partial charge is 0.227 e. The van der Waals surface area contributed by atoms with Gasteiger partial charge < -0.3 is 16.4 Å². The highest BCUT2D eigenvalue weighted by Gasteiger charge is 2.10. The molecule has 0 unspecified atom stereocenters. The molecular weight excluding hydrogens is 264 g/mol. The van der Waals surface area contributed by atoms with Gasteiger partial charge in [0.15, 0.2) is 0 Å². The lowest BCUT2D eigenvalue weighted by Gasteiger charge is -2.11. The van der Waals surface area contributed by atoms with Crippen LogP contribution in [0.4, 0.5) is 17.3 Å². The van der Waals surface area contributed by atoms with Crippen molar-refractivity contribution < 1.29 is 4.79 Å². The van der Waals surface area contributed by atoms with Gasteiger partial charge in [-0.15, -0.1) is 0 Å². The zero-order valence-electron chi connectivity index (χ0n) is 12.3.